The largest absolute Gasteiger partial charge is 0.333 e. The standard InChI is InChI=1S/C16H24FN3O3S/c1-12-11-13(5-6-14(12)17)24(22,23)20-9-7-19(8-10-20)15(21)18-16(2,3)4/h5-6,11H,7-10H2,1-4H3,(H,18,21). The van der Waals surface area contributed by atoms with Crippen LogP contribution in [0.2, 0.25) is 0 Å². The molecular formula is C16H24FN3O3S. The molecule has 0 unspecified atom stereocenters. The topological polar surface area (TPSA) is 69.7 Å². The van der Waals surface area contributed by atoms with Crippen LogP contribution in [-0.4, -0.2) is 55.4 Å². The van der Waals surface area contributed by atoms with E-state index < -0.39 is 15.8 Å². The van der Waals surface area contributed by atoms with Crippen LogP contribution in [-0.2, 0) is 10.0 Å². The molecule has 1 aliphatic rings. The second kappa shape index (κ2) is 6.68. The number of nitrogens with zero attached hydrogens (tertiary/aromatic N) is 2. The highest BCUT2D eigenvalue weighted by atomic mass is 32.2. The number of sulfonamides is 1. The minimum Gasteiger partial charge on any atom is -0.333 e. The fourth-order valence-corrected chi connectivity index (χ4v) is 3.97. The molecule has 0 bridgehead atoms. The van der Waals surface area contributed by atoms with Crippen LogP contribution in [0.3, 0.4) is 0 Å². The first-order chi connectivity index (χ1) is 11.0. The monoisotopic (exact) mass is 357 g/mol. The van der Waals surface area contributed by atoms with E-state index in [0.717, 1.165) is 6.07 Å². The molecule has 0 aromatic heterocycles. The number of carbonyl (C=O) groups excluding carboxylic acids is 1. The Balaban J connectivity index is 2.05. The third kappa shape index (κ3) is 4.24. The maximum absolute atomic E-state index is 13.3. The van der Waals surface area contributed by atoms with Crippen LogP contribution in [0.5, 0.6) is 0 Å². The molecule has 24 heavy (non-hydrogen) atoms. The summed E-state index contributed by atoms with van der Waals surface area (Å²) in [6.45, 7) is 8.28. The number of piperazine rings is 1. The summed E-state index contributed by atoms with van der Waals surface area (Å²) in [5.41, 5.74) is -0.0503. The van der Waals surface area contributed by atoms with Crippen molar-refractivity contribution in [3.63, 3.8) is 0 Å². The first-order valence-corrected chi connectivity index (χ1v) is 9.28. The number of carbonyl (C=O) groups is 1. The summed E-state index contributed by atoms with van der Waals surface area (Å²) < 4.78 is 40.0. The van der Waals surface area contributed by atoms with Gasteiger partial charge < -0.3 is 10.2 Å². The van der Waals surface area contributed by atoms with Gasteiger partial charge in [-0.1, -0.05) is 0 Å². The number of amides is 2. The minimum atomic E-state index is -3.68. The summed E-state index contributed by atoms with van der Waals surface area (Å²) >= 11 is 0. The van der Waals surface area contributed by atoms with Crippen LogP contribution in [0.4, 0.5) is 9.18 Å². The Kier molecular flexibility index (Phi) is 5.19. The molecule has 1 aromatic carbocycles. The van der Waals surface area contributed by atoms with Gasteiger partial charge in [-0.15, -0.1) is 0 Å². The molecule has 0 radical (unpaired) electrons. The van der Waals surface area contributed by atoms with Gasteiger partial charge in [0.05, 0.1) is 4.90 Å². The molecule has 1 N–H and O–H groups in total. The number of halogens is 1. The van der Waals surface area contributed by atoms with Gasteiger partial charge in [0.1, 0.15) is 5.82 Å². The van der Waals surface area contributed by atoms with Crippen LogP contribution in [0.1, 0.15) is 26.3 Å². The summed E-state index contributed by atoms with van der Waals surface area (Å²) in [6, 6.07) is 3.58. The molecule has 6 nitrogen and oxygen atoms in total. The molecular weight excluding hydrogens is 333 g/mol. The Labute approximate surface area is 142 Å². The molecule has 134 valence electrons. The maximum atomic E-state index is 13.3. The van der Waals surface area contributed by atoms with Gasteiger partial charge in [-0.25, -0.2) is 17.6 Å². The number of aryl methyl sites for hydroxylation is 1. The van der Waals surface area contributed by atoms with Crippen molar-refractivity contribution in [3.05, 3.63) is 29.6 Å². The molecule has 2 amide bonds. The Bertz CT molecular complexity index is 721. The van der Waals surface area contributed by atoms with Gasteiger partial charge in [0.25, 0.3) is 0 Å². The number of urea groups is 1. The summed E-state index contributed by atoms with van der Waals surface area (Å²) in [5, 5.41) is 2.87. The van der Waals surface area contributed by atoms with Crippen LogP contribution >= 0.6 is 0 Å². The lowest BCUT2D eigenvalue weighted by Crippen LogP contribution is -2.55. The van der Waals surface area contributed by atoms with E-state index in [4.69, 9.17) is 0 Å². The fraction of sp³-hybridized carbons (Fsp3) is 0.562. The summed E-state index contributed by atoms with van der Waals surface area (Å²) in [5.74, 6) is -0.433. The molecule has 1 aliphatic heterocycles. The van der Waals surface area contributed by atoms with Gasteiger partial charge in [-0.05, 0) is 51.5 Å². The Hall–Kier alpha value is -1.67. The van der Waals surface area contributed by atoms with Crippen molar-refractivity contribution < 1.29 is 17.6 Å². The summed E-state index contributed by atoms with van der Waals surface area (Å²) in [6.07, 6.45) is 0. The van der Waals surface area contributed by atoms with Gasteiger partial charge in [0.15, 0.2) is 0 Å². The van der Waals surface area contributed by atoms with E-state index in [1.165, 1.54) is 23.4 Å². The normalized spacial score (nSPS) is 17.0. The predicted octanol–water partition coefficient (Wildman–Crippen LogP) is 1.95. The van der Waals surface area contributed by atoms with Gasteiger partial charge in [-0.3, -0.25) is 0 Å². The first kappa shape index (κ1) is 18.7. The molecule has 0 aliphatic carbocycles. The van der Waals surface area contributed by atoms with Crippen LogP contribution in [0, 0.1) is 12.7 Å². The smallest absolute Gasteiger partial charge is 0.317 e. The maximum Gasteiger partial charge on any atom is 0.317 e. The quantitative estimate of drug-likeness (QED) is 0.879. The molecule has 0 saturated carbocycles. The average molecular weight is 357 g/mol. The molecule has 1 saturated heterocycles. The number of nitrogens with one attached hydrogen (secondary N) is 1. The highest BCUT2D eigenvalue weighted by molar-refractivity contribution is 7.89. The summed E-state index contributed by atoms with van der Waals surface area (Å²) in [7, 11) is -3.68. The van der Waals surface area contributed by atoms with Crippen LogP contribution in [0.25, 0.3) is 0 Å². The third-order valence-electron chi connectivity index (χ3n) is 3.77. The highest BCUT2D eigenvalue weighted by Crippen LogP contribution is 2.20. The first-order valence-electron chi connectivity index (χ1n) is 7.84. The lowest BCUT2D eigenvalue weighted by atomic mass is 10.1. The Morgan fingerprint density at radius 3 is 2.25 bits per heavy atom. The molecule has 0 atom stereocenters. The minimum absolute atomic E-state index is 0.0778. The molecule has 1 heterocycles. The zero-order valence-corrected chi connectivity index (χ0v) is 15.3. The zero-order valence-electron chi connectivity index (χ0n) is 14.5. The molecule has 1 aromatic rings. The second-order valence-electron chi connectivity index (χ2n) is 6.98. The third-order valence-corrected chi connectivity index (χ3v) is 5.67. The van der Waals surface area contributed by atoms with E-state index in [1.54, 1.807) is 4.90 Å². The van der Waals surface area contributed by atoms with Gasteiger partial charge >= 0.3 is 6.03 Å². The number of hydrogen-bond acceptors (Lipinski definition) is 3. The van der Waals surface area contributed by atoms with E-state index in [1.807, 2.05) is 20.8 Å². The van der Waals surface area contributed by atoms with Crippen LogP contribution < -0.4 is 5.32 Å². The van der Waals surface area contributed by atoms with E-state index in [9.17, 15) is 17.6 Å². The van der Waals surface area contributed by atoms with Gasteiger partial charge in [-0.2, -0.15) is 4.31 Å². The van der Waals surface area contributed by atoms with Crippen molar-refractivity contribution in [2.75, 3.05) is 26.2 Å². The SMILES string of the molecule is Cc1cc(S(=O)(=O)N2CCN(C(=O)NC(C)(C)C)CC2)ccc1F. The lowest BCUT2D eigenvalue weighted by Gasteiger charge is -2.35. The molecule has 0 spiro atoms. The van der Waals surface area contributed by atoms with Gasteiger partial charge in [0.2, 0.25) is 10.0 Å². The van der Waals surface area contributed by atoms with Crippen molar-refractivity contribution in [2.45, 2.75) is 38.1 Å². The summed E-state index contributed by atoms with van der Waals surface area (Å²) in [4.78, 5) is 13.8. The van der Waals surface area contributed by atoms with E-state index in [0.29, 0.717) is 18.7 Å². The molecule has 2 rings (SSSR count). The Morgan fingerprint density at radius 1 is 1.17 bits per heavy atom. The molecule has 8 heteroatoms. The highest BCUT2D eigenvalue weighted by Gasteiger charge is 2.31. The molecule has 1 fully saturated rings. The second-order valence-corrected chi connectivity index (χ2v) is 8.92. The van der Waals surface area contributed by atoms with E-state index in [2.05, 4.69) is 5.32 Å². The average Bonchev–Trinajstić information content (AvgIpc) is 2.48. The van der Waals surface area contributed by atoms with Crippen molar-refractivity contribution >= 4 is 16.1 Å². The predicted molar refractivity (Wildman–Crippen MR) is 89.8 cm³/mol. The number of benzene rings is 1. The fourth-order valence-electron chi connectivity index (χ4n) is 2.46. The van der Waals surface area contributed by atoms with Crippen molar-refractivity contribution in [1.29, 1.82) is 0 Å². The van der Waals surface area contributed by atoms with Crippen molar-refractivity contribution in [2.24, 2.45) is 0 Å². The lowest BCUT2D eigenvalue weighted by molar-refractivity contribution is 0.165. The van der Waals surface area contributed by atoms with Crippen LogP contribution in [0.15, 0.2) is 23.1 Å². The van der Waals surface area contributed by atoms with Gasteiger partial charge in [0, 0.05) is 31.7 Å². The number of hydrogen-bond donors (Lipinski definition) is 1. The number of rotatable bonds is 2. The van der Waals surface area contributed by atoms with Crippen molar-refractivity contribution in [1.82, 2.24) is 14.5 Å². The zero-order chi connectivity index (χ0) is 18.1. The van der Waals surface area contributed by atoms with E-state index >= 15 is 0 Å². The van der Waals surface area contributed by atoms with E-state index in [-0.39, 0.29) is 29.6 Å². The Morgan fingerprint density at radius 2 is 1.75 bits per heavy atom. The van der Waals surface area contributed by atoms with Crippen molar-refractivity contribution in [3.8, 4) is 0 Å².